The third-order valence-corrected chi connectivity index (χ3v) is 4.39. The lowest BCUT2D eigenvalue weighted by atomic mass is 9.79. The fourth-order valence-corrected chi connectivity index (χ4v) is 3.14. The van der Waals surface area contributed by atoms with Gasteiger partial charge in [0.15, 0.2) is 5.78 Å². The van der Waals surface area contributed by atoms with E-state index in [1.165, 1.54) is 12.0 Å². The van der Waals surface area contributed by atoms with Crippen LogP contribution in [0.1, 0.15) is 57.1 Å². The zero-order chi connectivity index (χ0) is 14.4. The molecule has 0 atom stereocenters. The molecular formula is C18H26O2. The second-order valence-electron chi connectivity index (χ2n) is 5.76. The predicted molar refractivity (Wildman–Crippen MR) is 82.0 cm³/mol. The Labute approximate surface area is 122 Å². The Morgan fingerprint density at radius 3 is 2.20 bits per heavy atom. The molecule has 1 aromatic rings. The van der Waals surface area contributed by atoms with E-state index in [0.717, 1.165) is 37.7 Å². The molecule has 0 bridgehead atoms. The van der Waals surface area contributed by atoms with E-state index in [2.05, 4.69) is 31.2 Å². The smallest absolute Gasteiger partial charge is 0.168 e. The summed E-state index contributed by atoms with van der Waals surface area (Å²) < 4.78 is 5.90. The van der Waals surface area contributed by atoms with E-state index in [4.69, 9.17) is 4.74 Å². The zero-order valence-electron chi connectivity index (χ0n) is 12.8. The molecule has 0 N–H and O–H groups in total. The number of ether oxygens (including phenoxy) is 1. The minimum atomic E-state index is -0.504. The molecule has 2 rings (SSSR count). The van der Waals surface area contributed by atoms with E-state index in [-0.39, 0.29) is 5.78 Å². The Balaban J connectivity index is 2.07. The molecule has 1 aliphatic carbocycles. The van der Waals surface area contributed by atoms with Crippen molar-refractivity contribution in [3.8, 4) is 0 Å². The topological polar surface area (TPSA) is 26.3 Å². The number of ketones is 1. The van der Waals surface area contributed by atoms with Crippen molar-refractivity contribution in [1.82, 2.24) is 0 Å². The maximum Gasteiger partial charge on any atom is 0.168 e. The Hall–Kier alpha value is -1.15. The number of carbonyl (C=O) groups excluding carboxylic acids is 1. The summed E-state index contributed by atoms with van der Waals surface area (Å²) in [6.07, 6.45) is 6.79. The molecule has 110 valence electrons. The van der Waals surface area contributed by atoms with Gasteiger partial charge in [-0.25, -0.2) is 0 Å². The third-order valence-electron chi connectivity index (χ3n) is 4.39. The van der Waals surface area contributed by atoms with Crippen molar-refractivity contribution in [2.75, 3.05) is 6.61 Å². The average molecular weight is 274 g/mol. The maximum absolute atomic E-state index is 12.7. The molecule has 1 fully saturated rings. The quantitative estimate of drug-likeness (QED) is 0.780. The molecule has 1 aromatic carbocycles. The summed E-state index contributed by atoms with van der Waals surface area (Å²) in [6, 6.07) is 8.41. The molecule has 0 aromatic heterocycles. The second kappa shape index (κ2) is 7.03. The van der Waals surface area contributed by atoms with Gasteiger partial charge in [0.1, 0.15) is 5.60 Å². The van der Waals surface area contributed by atoms with Gasteiger partial charge in [0.25, 0.3) is 0 Å². The molecule has 1 aliphatic rings. The molecule has 0 saturated heterocycles. The van der Waals surface area contributed by atoms with Crippen molar-refractivity contribution < 1.29 is 9.53 Å². The van der Waals surface area contributed by atoms with Gasteiger partial charge in [-0.2, -0.15) is 0 Å². The lowest BCUT2D eigenvalue weighted by Crippen LogP contribution is -2.44. The van der Waals surface area contributed by atoms with Crippen LogP contribution in [0.3, 0.4) is 0 Å². The Morgan fingerprint density at radius 1 is 1.05 bits per heavy atom. The lowest BCUT2D eigenvalue weighted by molar-refractivity contribution is -0.148. The summed E-state index contributed by atoms with van der Waals surface area (Å²) in [6.45, 7) is 4.76. The number of hydrogen-bond acceptors (Lipinski definition) is 2. The van der Waals surface area contributed by atoms with Gasteiger partial charge in [-0.15, -0.1) is 0 Å². The highest BCUT2D eigenvalue weighted by Crippen LogP contribution is 2.33. The molecule has 2 nitrogen and oxygen atoms in total. The minimum absolute atomic E-state index is 0.267. The van der Waals surface area contributed by atoms with Crippen LogP contribution < -0.4 is 0 Å². The summed E-state index contributed by atoms with van der Waals surface area (Å²) in [5, 5.41) is 0. The third kappa shape index (κ3) is 3.49. The fraction of sp³-hybridized carbons (Fsp3) is 0.611. The van der Waals surface area contributed by atoms with Crippen LogP contribution in [-0.2, 0) is 22.4 Å². The average Bonchev–Trinajstić information content (AvgIpc) is 2.49. The van der Waals surface area contributed by atoms with Gasteiger partial charge in [-0.3, -0.25) is 4.79 Å². The van der Waals surface area contributed by atoms with Crippen molar-refractivity contribution in [2.45, 2.75) is 64.4 Å². The molecule has 0 spiro atoms. The van der Waals surface area contributed by atoms with Crippen LogP contribution in [-0.4, -0.2) is 18.0 Å². The minimum Gasteiger partial charge on any atom is -0.367 e. The normalized spacial score (nSPS) is 17.9. The number of Topliss-reactive ketones (excluding diaryl/α,β-unsaturated/α-hetero) is 1. The van der Waals surface area contributed by atoms with Crippen LogP contribution in [0.15, 0.2) is 24.3 Å². The van der Waals surface area contributed by atoms with Gasteiger partial charge in [0, 0.05) is 13.0 Å². The van der Waals surface area contributed by atoms with Crippen LogP contribution >= 0.6 is 0 Å². The number of aryl methyl sites for hydroxylation is 1. The van der Waals surface area contributed by atoms with Crippen molar-refractivity contribution in [3.05, 3.63) is 35.4 Å². The van der Waals surface area contributed by atoms with Gasteiger partial charge in [-0.1, -0.05) is 50.5 Å². The van der Waals surface area contributed by atoms with Crippen molar-refractivity contribution in [1.29, 1.82) is 0 Å². The highest BCUT2D eigenvalue weighted by Gasteiger charge is 2.39. The first-order valence-electron chi connectivity index (χ1n) is 7.95. The van der Waals surface area contributed by atoms with Crippen LogP contribution in [0.25, 0.3) is 0 Å². The van der Waals surface area contributed by atoms with Crippen molar-refractivity contribution in [3.63, 3.8) is 0 Å². The number of benzene rings is 1. The van der Waals surface area contributed by atoms with Crippen LogP contribution in [0.2, 0.25) is 0 Å². The van der Waals surface area contributed by atoms with Gasteiger partial charge in [-0.05, 0) is 37.3 Å². The van der Waals surface area contributed by atoms with Gasteiger partial charge in [0.05, 0.1) is 0 Å². The first-order valence-corrected chi connectivity index (χ1v) is 7.95. The Kier molecular flexibility index (Phi) is 5.36. The predicted octanol–water partition coefficient (Wildman–Crippen LogP) is 4.10. The molecule has 2 heteroatoms. The van der Waals surface area contributed by atoms with E-state index in [9.17, 15) is 4.79 Å². The molecular weight excluding hydrogens is 248 g/mol. The first kappa shape index (κ1) is 15.2. The van der Waals surface area contributed by atoms with Crippen LogP contribution in [0.5, 0.6) is 0 Å². The molecule has 0 unspecified atom stereocenters. The van der Waals surface area contributed by atoms with E-state index in [1.54, 1.807) is 0 Å². The van der Waals surface area contributed by atoms with Crippen molar-refractivity contribution >= 4 is 5.78 Å². The van der Waals surface area contributed by atoms with Gasteiger partial charge < -0.3 is 4.74 Å². The largest absolute Gasteiger partial charge is 0.367 e. The van der Waals surface area contributed by atoms with Crippen LogP contribution in [0.4, 0.5) is 0 Å². The Bertz CT molecular complexity index is 422. The zero-order valence-corrected chi connectivity index (χ0v) is 12.8. The number of carbonyl (C=O) groups is 1. The first-order chi connectivity index (χ1) is 9.70. The van der Waals surface area contributed by atoms with E-state index < -0.39 is 5.60 Å². The molecule has 1 saturated carbocycles. The molecule has 0 heterocycles. The summed E-state index contributed by atoms with van der Waals surface area (Å²) in [4.78, 5) is 12.7. The van der Waals surface area contributed by atoms with E-state index >= 15 is 0 Å². The SMILES string of the molecule is CCOC1(C(=O)Cc2ccc(CC)cc2)CCCCC1. The summed E-state index contributed by atoms with van der Waals surface area (Å²) in [7, 11) is 0. The summed E-state index contributed by atoms with van der Waals surface area (Å²) in [5.41, 5.74) is 1.92. The maximum atomic E-state index is 12.7. The molecule has 0 amide bonds. The number of rotatable bonds is 6. The van der Waals surface area contributed by atoms with Crippen molar-refractivity contribution in [2.24, 2.45) is 0 Å². The monoisotopic (exact) mass is 274 g/mol. The summed E-state index contributed by atoms with van der Waals surface area (Å²) >= 11 is 0. The highest BCUT2D eigenvalue weighted by molar-refractivity contribution is 5.89. The van der Waals surface area contributed by atoms with E-state index in [1.807, 2.05) is 6.92 Å². The molecule has 0 radical (unpaired) electrons. The fourth-order valence-electron chi connectivity index (χ4n) is 3.14. The Morgan fingerprint density at radius 2 is 1.65 bits per heavy atom. The van der Waals surface area contributed by atoms with Gasteiger partial charge >= 0.3 is 0 Å². The highest BCUT2D eigenvalue weighted by atomic mass is 16.5. The molecule has 20 heavy (non-hydrogen) atoms. The van der Waals surface area contributed by atoms with E-state index in [0.29, 0.717) is 13.0 Å². The lowest BCUT2D eigenvalue weighted by Gasteiger charge is -2.35. The summed E-state index contributed by atoms with van der Waals surface area (Å²) in [5.74, 6) is 0.267. The number of hydrogen-bond donors (Lipinski definition) is 0. The van der Waals surface area contributed by atoms with Crippen LogP contribution in [0, 0.1) is 0 Å². The standard InChI is InChI=1S/C18H26O2/c1-3-15-8-10-16(11-9-15)14-17(19)18(20-4-2)12-6-5-7-13-18/h8-11H,3-7,12-14H2,1-2H3. The van der Waals surface area contributed by atoms with Gasteiger partial charge in [0.2, 0.25) is 0 Å². The molecule has 0 aliphatic heterocycles. The second-order valence-corrected chi connectivity index (χ2v) is 5.76.